The zero-order chi connectivity index (χ0) is 11.0. The first-order valence-corrected chi connectivity index (χ1v) is 4.28. The van der Waals surface area contributed by atoms with Crippen LogP contribution in [0.4, 0.5) is 5.82 Å². The lowest BCUT2D eigenvalue weighted by molar-refractivity contribution is 0.103. The van der Waals surface area contributed by atoms with Crippen LogP contribution in [0.2, 0.25) is 0 Å². The van der Waals surface area contributed by atoms with Gasteiger partial charge in [0, 0.05) is 14.1 Å². The molecule has 0 aliphatic rings. The molecule has 7 nitrogen and oxygen atoms in total. The molecule has 0 amide bonds. The molecule has 2 aromatic rings. The van der Waals surface area contributed by atoms with E-state index in [9.17, 15) is 4.79 Å². The second kappa shape index (κ2) is 3.19. The molecule has 0 bridgehead atoms. The van der Waals surface area contributed by atoms with Crippen molar-refractivity contribution in [2.24, 2.45) is 14.1 Å². The highest BCUT2D eigenvalue weighted by atomic mass is 16.1. The highest BCUT2D eigenvalue weighted by molar-refractivity contribution is 6.10. The number of carbonyl (C=O) groups excluding carboxylic acids is 1. The van der Waals surface area contributed by atoms with Gasteiger partial charge >= 0.3 is 0 Å². The van der Waals surface area contributed by atoms with Crippen molar-refractivity contribution in [3.05, 3.63) is 23.7 Å². The average molecular weight is 206 g/mol. The number of hydrogen-bond donors (Lipinski definition) is 1. The number of aromatic nitrogens is 5. The predicted molar refractivity (Wildman–Crippen MR) is 52.1 cm³/mol. The number of nitrogens with two attached hydrogens (primary N) is 1. The van der Waals surface area contributed by atoms with E-state index >= 15 is 0 Å². The highest BCUT2D eigenvalue weighted by Gasteiger charge is 2.18. The van der Waals surface area contributed by atoms with Gasteiger partial charge in [0.15, 0.2) is 5.69 Å². The highest BCUT2D eigenvalue weighted by Crippen LogP contribution is 2.13. The molecule has 2 aromatic heterocycles. The number of hydrogen-bond acceptors (Lipinski definition) is 5. The quantitative estimate of drug-likeness (QED) is 0.660. The largest absolute Gasteiger partial charge is 0.383 e. The van der Waals surface area contributed by atoms with Crippen molar-refractivity contribution < 1.29 is 4.79 Å². The van der Waals surface area contributed by atoms with Crippen molar-refractivity contribution in [2.45, 2.75) is 0 Å². The lowest BCUT2D eigenvalue weighted by Crippen LogP contribution is -2.06. The Hall–Kier alpha value is -2.18. The fourth-order valence-corrected chi connectivity index (χ4v) is 1.21. The molecular formula is C8H10N6O. The predicted octanol–water partition coefficient (Wildman–Crippen LogP) is -0.638. The number of aryl methyl sites for hydroxylation is 2. The first-order valence-electron chi connectivity index (χ1n) is 4.28. The summed E-state index contributed by atoms with van der Waals surface area (Å²) in [6.07, 6.45) is 2.96. The Labute approximate surface area is 85.5 Å². The summed E-state index contributed by atoms with van der Waals surface area (Å²) in [5, 5.41) is 11.3. The molecule has 0 unspecified atom stereocenters. The van der Waals surface area contributed by atoms with E-state index in [0.29, 0.717) is 11.4 Å². The fraction of sp³-hybridized carbons (Fsp3) is 0.250. The van der Waals surface area contributed by atoms with E-state index in [2.05, 4.69) is 15.4 Å². The van der Waals surface area contributed by atoms with E-state index in [1.54, 1.807) is 14.1 Å². The van der Waals surface area contributed by atoms with Crippen LogP contribution in [-0.2, 0) is 14.1 Å². The van der Waals surface area contributed by atoms with Gasteiger partial charge in [-0.3, -0.25) is 14.2 Å². The van der Waals surface area contributed by atoms with Gasteiger partial charge in [0.25, 0.3) is 0 Å². The van der Waals surface area contributed by atoms with E-state index in [4.69, 9.17) is 5.73 Å². The zero-order valence-electron chi connectivity index (χ0n) is 8.38. The maximum Gasteiger partial charge on any atom is 0.220 e. The number of carbonyl (C=O) groups is 1. The van der Waals surface area contributed by atoms with Crippen LogP contribution in [0.5, 0.6) is 0 Å². The van der Waals surface area contributed by atoms with Crippen LogP contribution < -0.4 is 5.73 Å². The summed E-state index contributed by atoms with van der Waals surface area (Å²) in [6.45, 7) is 0. The van der Waals surface area contributed by atoms with Crippen molar-refractivity contribution in [2.75, 3.05) is 5.73 Å². The van der Waals surface area contributed by atoms with E-state index < -0.39 is 0 Å². The van der Waals surface area contributed by atoms with Gasteiger partial charge in [-0.1, -0.05) is 5.21 Å². The molecule has 2 heterocycles. The van der Waals surface area contributed by atoms with Crippen LogP contribution in [0, 0.1) is 0 Å². The van der Waals surface area contributed by atoms with E-state index in [0.717, 1.165) is 0 Å². The van der Waals surface area contributed by atoms with Gasteiger partial charge in [0.05, 0.1) is 18.0 Å². The van der Waals surface area contributed by atoms with Gasteiger partial charge in [-0.2, -0.15) is 5.10 Å². The Bertz CT molecular complexity index is 511. The lowest BCUT2D eigenvalue weighted by Gasteiger charge is -1.95. The average Bonchev–Trinajstić information content (AvgIpc) is 2.75. The molecule has 78 valence electrons. The molecule has 0 spiro atoms. The number of ketones is 1. The molecule has 0 aromatic carbocycles. The maximum absolute atomic E-state index is 11.8. The number of rotatable bonds is 2. The Morgan fingerprint density at radius 2 is 2.20 bits per heavy atom. The number of nitrogen functional groups attached to an aromatic ring is 1. The molecule has 2 rings (SSSR count). The molecule has 0 fully saturated rings. The zero-order valence-corrected chi connectivity index (χ0v) is 8.38. The van der Waals surface area contributed by atoms with Crippen LogP contribution >= 0.6 is 0 Å². The van der Waals surface area contributed by atoms with E-state index in [1.807, 2.05) is 0 Å². The Morgan fingerprint density at radius 3 is 2.67 bits per heavy atom. The van der Waals surface area contributed by atoms with Gasteiger partial charge in [-0.05, 0) is 0 Å². The summed E-state index contributed by atoms with van der Waals surface area (Å²) in [5.41, 5.74) is 6.28. The standard InChI is InChI=1S/C8H10N6O/c1-13-4-6(11-12-13)7(15)5-3-10-14(2)8(5)9/h3-4H,9H2,1-2H3. The van der Waals surface area contributed by atoms with Gasteiger partial charge in [-0.15, -0.1) is 5.10 Å². The van der Waals surface area contributed by atoms with Crippen LogP contribution in [0.3, 0.4) is 0 Å². The molecule has 7 heteroatoms. The van der Waals surface area contributed by atoms with Crippen molar-refractivity contribution >= 4 is 11.6 Å². The van der Waals surface area contributed by atoms with Crippen LogP contribution in [0.25, 0.3) is 0 Å². The summed E-state index contributed by atoms with van der Waals surface area (Å²) in [7, 11) is 3.36. The molecule has 0 atom stereocenters. The minimum Gasteiger partial charge on any atom is -0.383 e. The van der Waals surface area contributed by atoms with Crippen molar-refractivity contribution in [3.63, 3.8) is 0 Å². The monoisotopic (exact) mass is 206 g/mol. The first kappa shape index (κ1) is 9.38. The summed E-state index contributed by atoms with van der Waals surface area (Å²) < 4.78 is 2.89. The van der Waals surface area contributed by atoms with Gasteiger partial charge < -0.3 is 5.73 Å². The number of nitrogens with zero attached hydrogens (tertiary/aromatic N) is 5. The third-order valence-electron chi connectivity index (χ3n) is 2.06. The molecular weight excluding hydrogens is 196 g/mol. The summed E-state index contributed by atoms with van der Waals surface area (Å²) in [6, 6.07) is 0. The smallest absolute Gasteiger partial charge is 0.220 e. The Morgan fingerprint density at radius 1 is 1.47 bits per heavy atom. The fourth-order valence-electron chi connectivity index (χ4n) is 1.21. The van der Waals surface area contributed by atoms with Crippen LogP contribution in [0.15, 0.2) is 12.4 Å². The second-order valence-electron chi connectivity index (χ2n) is 3.17. The third kappa shape index (κ3) is 1.47. The Balaban J connectivity index is 2.41. The summed E-state index contributed by atoms with van der Waals surface area (Å²) in [4.78, 5) is 11.8. The van der Waals surface area contributed by atoms with Gasteiger partial charge in [-0.25, -0.2) is 0 Å². The minimum atomic E-state index is -0.270. The molecule has 0 aliphatic carbocycles. The molecule has 0 radical (unpaired) electrons. The molecule has 0 aliphatic heterocycles. The normalized spacial score (nSPS) is 10.5. The molecule has 15 heavy (non-hydrogen) atoms. The number of anilines is 1. The topological polar surface area (TPSA) is 91.6 Å². The van der Waals surface area contributed by atoms with Crippen molar-refractivity contribution in [3.8, 4) is 0 Å². The first-order chi connectivity index (χ1) is 7.09. The van der Waals surface area contributed by atoms with Crippen LogP contribution in [0.1, 0.15) is 16.1 Å². The lowest BCUT2D eigenvalue weighted by atomic mass is 10.2. The summed E-state index contributed by atoms with van der Waals surface area (Å²) >= 11 is 0. The second-order valence-corrected chi connectivity index (χ2v) is 3.17. The van der Waals surface area contributed by atoms with Crippen molar-refractivity contribution in [1.82, 2.24) is 24.8 Å². The third-order valence-corrected chi connectivity index (χ3v) is 2.06. The van der Waals surface area contributed by atoms with E-state index in [-0.39, 0.29) is 11.5 Å². The SMILES string of the molecule is Cn1cc(C(=O)c2cnn(C)c2N)nn1. The maximum atomic E-state index is 11.8. The molecule has 2 N–H and O–H groups in total. The van der Waals surface area contributed by atoms with Gasteiger partial charge in [0.1, 0.15) is 5.82 Å². The Kier molecular flexibility index (Phi) is 2.00. The molecule has 0 saturated heterocycles. The van der Waals surface area contributed by atoms with Crippen LogP contribution in [-0.4, -0.2) is 30.6 Å². The van der Waals surface area contributed by atoms with Crippen molar-refractivity contribution in [1.29, 1.82) is 0 Å². The molecule has 0 saturated carbocycles. The van der Waals surface area contributed by atoms with E-state index in [1.165, 1.54) is 21.8 Å². The summed E-state index contributed by atoms with van der Waals surface area (Å²) in [5.74, 6) is 0.0550. The van der Waals surface area contributed by atoms with Gasteiger partial charge in [0.2, 0.25) is 5.78 Å². The minimum absolute atomic E-state index is 0.261.